The van der Waals surface area contributed by atoms with Gasteiger partial charge in [0.05, 0.1) is 18.0 Å². The average molecular weight is 338 g/mol. The van der Waals surface area contributed by atoms with Gasteiger partial charge in [-0.15, -0.1) is 0 Å². The molecule has 1 atom stereocenters. The summed E-state index contributed by atoms with van der Waals surface area (Å²) in [6.07, 6.45) is 2.08. The summed E-state index contributed by atoms with van der Waals surface area (Å²) in [6.45, 7) is 1.26. The number of alkyl carbamates (subject to hydrolysis) is 1. The smallest absolute Gasteiger partial charge is 0.407 e. The number of nitrogens with one attached hydrogen (secondary N) is 1. The van der Waals surface area contributed by atoms with E-state index in [1.165, 1.54) is 12.1 Å². The van der Waals surface area contributed by atoms with Crippen LogP contribution in [-0.4, -0.2) is 56.8 Å². The second kappa shape index (κ2) is 5.52. The van der Waals surface area contributed by atoms with Crippen molar-refractivity contribution in [3.05, 3.63) is 29.8 Å². The number of likely N-dealkylation sites (tertiary alicyclic amines) is 1. The minimum atomic E-state index is -3.37. The molecule has 0 saturated carbocycles. The first kappa shape index (κ1) is 15.8. The molecule has 1 N–H and O–H groups in total. The number of hydrogen-bond acceptors (Lipinski definition) is 5. The Hall–Kier alpha value is -2.09. The highest BCUT2D eigenvalue weighted by Crippen LogP contribution is 2.29. The number of ether oxygens (including phenoxy) is 1. The summed E-state index contributed by atoms with van der Waals surface area (Å²) in [5.41, 5.74) is -0.346. The van der Waals surface area contributed by atoms with Crippen LogP contribution in [0.4, 0.5) is 4.79 Å². The second-order valence-corrected chi connectivity index (χ2v) is 8.07. The van der Waals surface area contributed by atoms with Crippen LogP contribution in [0.5, 0.6) is 0 Å². The van der Waals surface area contributed by atoms with Crippen molar-refractivity contribution in [2.45, 2.75) is 23.3 Å². The number of carbonyl (C=O) groups is 2. The lowest BCUT2D eigenvalue weighted by atomic mass is 9.92. The fourth-order valence-corrected chi connectivity index (χ4v) is 3.71. The molecule has 0 unspecified atom stereocenters. The first-order valence-corrected chi connectivity index (χ1v) is 9.25. The van der Waals surface area contributed by atoms with Crippen LogP contribution in [-0.2, 0) is 14.6 Å². The van der Waals surface area contributed by atoms with Gasteiger partial charge in [0.1, 0.15) is 5.60 Å². The van der Waals surface area contributed by atoms with E-state index >= 15 is 0 Å². The predicted molar refractivity (Wildman–Crippen MR) is 81.9 cm³/mol. The Labute approximate surface area is 134 Å². The molecule has 2 fully saturated rings. The van der Waals surface area contributed by atoms with E-state index in [-0.39, 0.29) is 10.8 Å². The van der Waals surface area contributed by atoms with Crippen LogP contribution < -0.4 is 5.32 Å². The molecule has 1 aromatic carbocycles. The first-order chi connectivity index (χ1) is 10.8. The van der Waals surface area contributed by atoms with Gasteiger partial charge in [-0.2, -0.15) is 0 Å². The molecule has 0 aliphatic carbocycles. The van der Waals surface area contributed by atoms with E-state index in [0.29, 0.717) is 31.6 Å². The van der Waals surface area contributed by atoms with Crippen molar-refractivity contribution in [1.82, 2.24) is 10.2 Å². The fraction of sp³-hybridized carbons (Fsp3) is 0.467. The molecule has 0 radical (unpaired) electrons. The number of benzene rings is 1. The lowest BCUT2D eigenvalue weighted by Gasteiger charge is -2.38. The molecule has 2 saturated heterocycles. The van der Waals surface area contributed by atoms with Crippen molar-refractivity contribution in [1.29, 1.82) is 0 Å². The van der Waals surface area contributed by atoms with Crippen LogP contribution in [0, 0.1) is 0 Å². The zero-order valence-electron chi connectivity index (χ0n) is 12.7. The lowest BCUT2D eigenvalue weighted by molar-refractivity contribution is -0.00504. The zero-order valence-corrected chi connectivity index (χ0v) is 13.6. The maximum Gasteiger partial charge on any atom is 0.407 e. The summed E-state index contributed by atoms with van der Waals surface area (Å²) in [5.74, 6) is -0.252. The molecule has 7 nitrogen and oxygen atoms in total. The van der Waals surface area contributed by atoms with Crippen molar-refractivity contribution in [3.8, 4) is 0 Å². The summed E-state index contributed by atoms with van der Waals surface area (Å²) in [6, 6.07) is 6.00. The highest BCUT2D eigenvalue weighted by atomic mass is 32.2. The van der Waals surface area contributed by atoms with Gasteiger partial charge in [0.15, 0.2) is 9.84 Å². The molecule has 1 spiro atoms. The van der Waals surface area contributed by atoms with Crippen molar-refractivity contribution < 1.29 is 22.7 Å². The highest BCUT2D eigenvalue weighted by Gasteiger charge is 2.44. The van der Waals surface area contributed by atoms with Gasteiger partial charge in [0.2, 0.25) is 0 Å². The maximum absolute atomic E-state index is 12.7. The third kappa shape index (κ3) is 3.17. The van der Waals surface area contributed by atoms with Gasteiger partial charge in [0, 0.05) is 18.4 Å². The number of amides is 2. The molecule has 2 aliphatic heterocycles. The predicted octanol–water partition coefficient (Wildman–Crippen LogP) is 0.805. The van der Waals surface area contributed by atoms with E-state index in [9.17, 15) is 18.0 Å². The third-order valence-electron chi connectivity index (χ3n) is 4.20. The Balaban J connectivity index is 1.82. The summed E-state index contributed by atoms with van der Waals surface area (Å²) in [4.78, 5) is 25.7. The number of hydrogen-bond donors (Lipinski definition) is 1. The van der Waals surface area contributed by atoms with Crippen LogP contribution in [0.1, 0.15) is 23.2 Å². The van der Waals surface area contributed by atoms with Crippen LogP contribution in [0.2, 0.25) is 0 Å². The number of sulfone groups is 1. The first-order valence-electron chi connectivity index (χ1n) is 7.35. The monoisotopic (exact) mass is 338 g/mol. The van der Waals surface area contributed by atoms with Crippen LogP contribution in [0.15, 0.2) is 29.2 Å². The summed E-state index contributed by atoms with van der Waals surface area (Å²) in [5, 5.41) is 2.63. The summed E-state index contributed by atoms with van der Waals surface area (Å²) < 4.78 is 28.6. The molecule has 3 rings (SSSR count). The van der Waals surface area contributed by atoms with Gasteiger partial charge >= 0.3 is 6.09 Å². The van der Waals surface area contributed by atoms with E-state index in [1.54, 1.807) is 17.0 Å². The lowest BCUT2D eigenvalue weighted by Crippen LogP contribution is -2.52. The Morgan fingerprint density at radius 1 is 1.39 bits per heavy atom. The van der Waals surface area contributed by atoms with Gasteiger partial charge < -0.3 is 15.0 Å². The van der Waals surface area contributed by atoms with E-state index in [4.69, 9.17) is 4.74 Å². The molecule has 0 bridgehead atoms. The van der Waals surface area contributed by atoms with Gasteiger partial charge in [-0.3, -0.25) is 4.79 Å². The number of carbonyl (C=O) groups excluding carboxylic acids is 2. The number of rotatable bonds is 2. The molecule has 2 amide bonds. The van der Waals surface area contributed by atoms with Crippen LogP contribution in [0.25, 0.3) is 0 Å². The van der Waals surface area contributed by atoms with Crippen molar-refractivity contribution in [2.75, 3.05) is 25.9 Å². The summed E-state index contributed by atoms with van der Waals surface area (Å²) in [7, 11) is -3.37. The zero-order chi connectivity index (χ0) is 16.7. The largest absolute Gasteiger partial charge is 0.439 e. The summed E-state index contributed by atoms with van der Waals surface area (Å²) >= 11 is 0. The Morgan fingerprint density at radius 3 is 2.83 bits per heavy atom. The number of nitrogens with zero attached hydrogens (tertiary/aromatic N) is 1. The van der Waals surface area contributed by atoms with Crippen LogP contribution in [0.3, 0.4) is 0 Å². The normalized spacial score (nSPS) is 24.4. The number of piperidine rings is 1. The minimum Gasteiger partial charge on any atom is -0.439 e. The molecule has 2 heterocycles. The molecular weight excluding hydrogens is 320 g/mol. The molecule has 124 valence electrons. The van der Waals surface area contributed by atoms with Gasteiger partial charge in [-0.1, -0.05) is 6.07 Å². The standard InChI is InChI=1S/C15H18N2O5S/c1-23(20,21)12-5-2-4-11(8-12)13(18)17-7-3-6-15(10-17)9-16-14(19)22-15/h2,4-5,8H,3,6-7,9-10H2,1H3,(H,16,19)/t15-/m1/s1. The molecule has 8 heteroatoms. The Kier molecular flexibility index (Phi) is 3.79. The molecular formula is C15H18N2O5S. The topological polar surface area (TPSA) is 92.8 Å². The molecule has 0 aromatic heterocycles. The van der Waals surface area contributed by atoms with E-state index in [2.05, 4.69) is 5.32 Å². The van der Waals surface area contributed by atoms with Gasteiger partial charge in [-0.25, -0.2) is 13.2 Å². The second-order valence-electron chi connectivity index (χ2n) is 6.06. The fourth-order valence-electron chi connectivity index (χ4n) is 3.04. The van der Waals surface area contributed by atoms with Crippen molar-refractivity contribution in [3.63, 3.8) is 0 Å². The third-order valence-corrected chi connectivity index (χ3v) is 5.31. The Morgan fingerprint density at radius 2 is 2.17 bits per heavy atom. The van der Waals surface area contributed by atoms with Gasteiger partial charge in [-0.05, 0) is 31.0 Å². The molecule has 1 aromatic rings. The minimum absolute atomic E-state index is 0.115. The van der Waals surface area contributed by atoms with Crippen LogP contribution >= 0.6 is 0 Å². The highest BCUT2D eigenvalue weighted by molar-refractivity contribution is 7.90. The maximum atomic E-state index is 12.7. The van der Waals surface area contributed by atoms with Gasteiger partial charge in [0.25, 0.3) is 5.91 Å². The SMILES string of the molecule is CS(=O)(=O)c1cccc(C(=O)N2CCC[C@@]3(CNC(=O)O3)C2)c1. The van der Waals surface area contributed by atoms with E-state index in [0.717, 1.165) is 12.7 Å². The Bertz CT molecular complexity index is 761. The molecule has 23 heavy (non-hydrogen) atoms. The van der Waals surface area contributed by atoms with Crippen molar-refractivity contribution in [2.24, 2.45) is 0 Å². The van der Waals surface area contributed by atoms with Crippen molar-refractivity contribution >= 4 is 21.8 Å². The van der Waals surface area contributed by atoms with E-state index < -0.39 is 21.5 Å². The quantitative estimate of drug-likeness (QED) is 0.861. The average Bonchev–Trinajstić information content (AvgIpc) is 2.86. The van der Waals surface area contributed by atoms with E-state index in [1.807, 2.05) is 0 Å². The molecule has 2 aliphatic rings.